The molecule has 0 spiro atoms. The average Bonchev–Trinajstić information content (AvgIpc) is 2.38. The Hall–Kier alpha value is -2.02. The number of aliphatic hydroxyl groups is 1. The van der Waals surface area contributed by atoms with Gasteiger partial charge in [0.1, 0.15) is 17.0 Å². The largest absolute Gasteiger partial charge is 0.480 e. The summed E-state index contributed by atoms with van der Waals surface area (Å²) in [6, 6.07) is 2.60. The van der Waals surface area contributed by atoms with Crippen LogP contribution < -0.4 is 4.72 Å². The van der Waals surface area contributed by atoms with Gasteiger partial charge in [0.05, 0.1) is 0 Å². The number of sulfonamides is 1. The molecule has 0 fully saturated rings. The van der Waals surface area contributed by atoms with Crippen molar-refractivity contribution in [1.82, 2.24) is 9.71 Å². The molecule has 1 aromatic heterocycles. The van der Waals surface area contributed by atoms with E-state index >= 15 is 0 Å². The second kappa shape index (κ2) is 6.24. The van der Waals surface area contributed by atoms with Gasteiger partial charge in [-0.3, -0.25) is 4.79 Å². The number of pyridine rings is 1. The average molecular weight is 285 g/mol. The van der Waals surface area contributed by atoms with E-state index in [9.17, 15) is 13.2 Å². The lowest BCUT2D eigenvalue weighted by molar-refractivity contribution is -0.139. The van der Waals surface area contributed by atoms with E-state index in [1.165, 1.54) is 12.3 Å². The number of nitriles is 1. The molecular weight excluding hydrogens is 274 g/mol. The lowest BCUT2D eigenvalue weighted by Gasteiger charge is -2.13. The van der Waals surface area contributed by atoms with Gasteiger partial charge in [0.2, 0.25) is 10.0 Å². The Morgan fingerprint density at radius 1 is 1.58 bits per heavy atom. The van der Waals surface area contributed by atoms with Crippen LogP contribution >= 0.6 is 0 Å². The van der Waals surface area contributed by atoms with Crippen molar-refractivity contribution < 1.29 is 23.4 Å². The van der Waals surface area contributed by atoms with Gasteiger partial charge in [0.15, 0.2) is 5.69 Å². The highest BCUT2D eigenvalue weighted by Crippen LogP contribution is 2.12. The van der Waals surface area contributed by atoms with Gasteiger partial charge in [-0.2, -0.15) is 9.98 Å². The van der Waals surface area contributed by atoms with Crippen LogP contribution in [0.4, 0.5) is 0 Å². The minimum absolute atomic E-state index is 0.281. The van der Waals surface area contributed by atoms with E-state index in [1.807, 2.05) is 4.72 Å². The summed E-state index contributed by atoms with van der Waals surface area (Å²) in [7, 11) is -4.20. The van der Waals surface area contributed by atoms with Crippen LogP contribution in [0.3, 0.4) is 0 Å². The van der Waals surface area contributed by atoms with Crippen LogP contribution in [-0.2, 0) is 14.8 Å². The molecule has 8 nitrogen and oxygen atoms in total. The summed E-state index contributed by atoms with van der Waals surface area (Å²) in [6.45, 7) is -0.488. The second-order valence-electron chi connectivity index (χ2n) is 3.49. The van der Waals surface area contributed by atoms with E-state index in [1.54, 1.807) is 6.07 Å². The van der Waals surface area contributed by atoms with Gasteiger partial charge in [-0.05, 0) is 18.6 Å². The molecule has 0 aliphatic carbocycles. The Balaban J connectivity index is 3.11. The molecule has 1 aromatic rings. The van der Waals surface area contributed by atoms with Gasteiger partial charge in [-0.25, -0.2) is 13.4 Å². The number of hydrogen-bond acceptors (Lipinski definition) is 6. The second-order valence-corrected chi connectivity index (χ2v) is 5.17. The zero-order chi connectivity index (χ0) is 14.5. The van der Waals surface area contributed by atoms with Crippen molar-refractivity contribution in [3.8, 4) is 6.07 Å². The van der Waals surface area contributed by atoms with Crippen LogP contribution in [0, 0.1) is 11.3 Å². The van der Waals surface area contributed by atoms with Crippen molar-refractivity contribution in [3.63, 3.8) is 0 Å². The predicted molar refractivity (Wildman–Crippen MR) is 62.4 cm³/mol. The first-order chi connectivity index (χ1) is 8.92. The third-order valence-corrected chi connectivity index (χ3v) is 3.68. The number of carbonyl (C=O) groups is 1. The molecule has 102 valence electrons. The fourth-order valence-electron chi connectivity index (χ4n) is 1.30. The maximum absolute atomic E-state index is 12.0. The molecule has 19 heavy (non-hydrogen) atoms. The van der Waals surface area contributed by atoms with Gasteiger partial charge >= 0.3 is 5.97 Å². The number of nitrogens with one attached hydrogen (secondary N) is 1. The minimum atomic E-state index is -4.20. The fraction of sp³-hybridized carbons (Fsp3) is 0.300. The van der Waals surface area contributed by atoms with Crippen molar-refractivity contribution >= 4 is 16.0 Å². The molecule has 0 unspecified atom stereocenters. The Labute approximate surface area is 109 Å². The van der Waals surface area contributed by atoms with Gasteiger partial charge in [-0.15, -0.1) is 0 Å². The number of carboxylic acid groups (broad SMARTS) is 1. The molecule has 0 radical (unpaired) electrons. The maximum atomic E-state index is 12.0. The fourth-order valence-corrected chi connectivity index (χ4v) is 2.63. The van der Waals surface area contributed by atoms with Crippen molar-refractivity contribution in [3.05, 3.63) is 24.0 Å². The van der Waals surface area contributed by atoms with Crippen LogP contribution in [0.15, 0.2) is 23.2 Å². The number of aliphatic carboxylic acids is 1. The molecule has 1 rings (SSSR count). The summed E-state index contributed by atoms with van der Waals surface area (Å²) < 4.78 is 25.8. The molecule has 0 bridgehead atoms. The highest BCUT2D eigenvalue weighted by molar-refractivity contribution is 7.89. The first kappa shape index (κ1) is 15.0. The van der Waals surface area contributed by atoms with E-state index in [2.05, 4.69) is 4.98 Å². The summed E-state index contributed by atoms with van der Waals surface area (Å²) >= 11 is 0. The van der Waals surface area contributed by atoms with E-state index in [0.717, 1.165) is 6.07 Å². The van der Waals surface area contributed by atoms with Crippen LogP contribution in [0.2, 0.25) is 0 Å². The van der Waals surface area contributed by atoms with Crippen LogP contribution in [0.1, 0.15) is 12.1 Å². The van der Waals surface area contributed by atoms with Crippen LogP contribution in [0.25, 0.3) is 0 Å². The summed E-state index contributed by atoms with van der Waals surface area (Å²) in [4.78, 5) is 14.0. The Kier molecular flexibility index (Phi) is 4.94. The smallest absolute Gasteiger partial charge is 0.321 e. The standard InChI is InChI=1S/C10H11N3O5S/c11-6-8-9(2-1-4-12-8)19(17,18)13-7(3-5-14)10(15)16/h1-2,4,7,13-14H,3,5H2,(H,15,16)/t7-/m1/s1. The van der Waals surface area contributed by atoms with Gasteiger partial charge in [0, 0.05) is 12.8 Å². The molecule has 3 N–H and O–H groups in total. The molecule has 1 atom stereocenters. The van der Waals surface area contributed by atoms with Crippen molar-refractivity contribution in [1.29, 1.82) is 5.26 Å². The molecule has 1 heterocycles. The highest BCUT2D eigenvalue weighted by atomic mass is 32.2. The van der Waals surface area contributed by atoms with E-state index < -0.39 is 33.5 Å². The number of aromatic nitrogens is 1. The molecular formula is C10H11N3O5S. The van der Waals surface area contributed by atoms with Gasteiger partial charge < -0.3 is 10.2 Å². The molecule has 0 amide bonds. The summed E-state index contributed by atoms with van der Waals surface area (Å²) in [6.07, 6.45) is 0.969. The Bertz CT molecular complexity index is 608. The third kappa shape index (κ3) is 3.72. The number of nitrogens with zero attached hydrogens (tertiary/aromatic N) is 2. The molecule has 9 heteroatoms. The number of aliphatic hydroxyl groups excluding tert-OH is 1. The minimum Gasteiger partial charge on any atom is -0.480 e. The summed E-state index contributed by atoms with van der Waals surface area (Å²) in [5.41, 5.74) is -0.330. The Morgan fingerprint density at radius 2 is 2.26 bits per heavy atom. The summed E-state index contributed by atoms with van der Waals surface area (Å²) in [5.74, 6) is -1.42. The summed E-state index contributed by atoms with van der Waals surface area (Å²) in [5, 5.41) is 26.3. The first-order valence-corrected chi connectivity index (χ1v) is 6.62. The number of carboxylic acids is 1. The van der Waals surface area contributed by atoms with Gasteiger partial charge in [-0.1, -0.05) is 0 Å². The van der Waals surface area contributed by atoms with E-state index in [0.29, 0.717) is 0 Å². The van der Waals surface area contributed by atoms with Crippen LogP contribution in [0.5, 0.6) is 0 Å². The molecule has 0 saturated carbocycles. The number of hydrogen-bond donors (Lipinski definition) is 3. The van der Waals surface area contributed by atoms with E-state index in [-0.39, 0.29) is 12.1 Å². The SMILES string of the molecule is N#Cc1ncccc1S(=O)(=O)N[C@H](CCO)C(=O)O. The highest BCUT2D eigenvalue weighted by Gasteiger charge is 2.27. The van der Waals surface area contributed by atoms with Crippen molar-refractivity contribution in [2.45, 2.75) is 17.4 Å². The van der Waals surface area contributed by atoms with Crippen LogP contribution in [-0.4, -0.2) is 42.2 Å². The zero-order valence-electron chi connectivity index (χ0n) is 9.65. The normalized spacial score (nSPS) is 12.6. The van der Waals surface area contributed by atoms with Crippen molar-refractivity contribution in [2.75, 3.05) is 6.61 Å². The zero-order valence-corrected chi connectivity index (χ0v) is 10.5. The monoisotopic (exact) mass is 285 g/mol. The Morgan fingerprint density at radius 3 is 2.79 bits per heavy atom. The number of rotatable bonds is 6. The molecule has 0 saturated heterocycles. The quantitative estimate of drug-likeness (QED) is 0.613. The lowest BCUT2D eigenvalue weighted by Crippen LogP contribution is -2.41. The van der Waals surface area contributed by atoms with Gasteiger partial charge in [0.25, 0.3) is 0 Å². The molecule has 0 aromatic carbocycles. The maximum Gasteiger partial charge on any atom is 0.321 e. The lowest BCUT2D eigenvalue weighted by atomic mass is 10.2. The van der Waals surface area contributed by atoms with Crippen molar-refractivity contribution in [2.24, 2.45) is 0 Å². The first-order valence-electron chi connectivity index (χ1n) is 5.13. The van der Waals surface area contributed by atoms with E-state index in [4.69, 9.17) is 15.5 Å². The predicted octanol–water partition coefficient (Wildman–Crippen LogP) is -0.933. The molecule has 0 aliphatic rings. The topological polar surface area (TPSA) is 140 Å². The molecule has 0 aliphatic heterocycles. The third-order valence-electron chi connectivity index (χ3n) is 2.18.